The van der Waals surface area contributed by atoms with Crippen LogP contribution >= 0.6 is 0 Å². The topological polar surface area (TPSA) is 66.8 Å². The molecule has 0 saturated carbocycles. The first-order valence-electron chi connectivity index (χ1n) is 4.37. The number of carboxylic acids is 1. The molecule has 1 aliphatic rings. The van der Waals surface area contributed by atoms with Crippen LogP contribution in [0.4, 0.5) is 0 Å². The van der Waals surface area contributed by atoms with Crippen LogP contribution in [-0.4, -0.2) is 29.4 Å². The summed E-state index contributed by atoms with van der Waals surface area (Å²) in [7, 11) is 0. The largest absolute Gasteiger partial charge is 0.498 e. The minimum absolute atomic E-state index is 0.00278. The Balaban J connectivity index is 2.34. The average Bonchev–Trinajstić information content (AvgIpc) is 2.55. The molecule has 0 aromatic heterocycles. The minimum Gasteiger partial charge on any atom is -0.498 e. The number of aliphatic carboxylic acids is 1. The SMILES string of the molecule is O=C(O)C[C@H](CO)CC1=CCCO1. The van der Waals surface area contributed by atoms with Crippen molar-refractivity contribution in [2.45, 2.75) is 19.3 Å². The Morgan fingerprint density at radius 1 is 1.69 bits per heavy atom. The fraction of sp³-hybridized carbons (Fsp3) is 0.667. The zero-order chi connectivity index (χ0) is 9.68. The molecule has 2 N–H and O–H groups in total. The van der Waals surface area contributed by atoms with E-state index < -0.39 is 5.97 Å². The highest BCUT2D eigenvalue weighted by atomic mass is 16.5. The van der Waals surface area contributed by atoms with Gasteiger partial charge in [-0.1, -0.05) is 0 Å². The van der Waals surface area contributed by atoms with Gasteiger partial charge in [0.05, 0.1) is 18.8 Å². The van der Waals surface area contributed by atoms with E-state index in [9.17, 15) is 4.79 Å². The monoisotopic (exact) mass is 186 g/mol. The van der Waals surface area contributed by atoms with Crippen molar-refractivity contribution in [3.63, 3.8) is 0 Å². The Morgan fingerprint density at radius 3 is 2.92 bits per heavy atom. The first kappa shape index (κ1) is 10.1. The molecule has 0 aromatic rings. The average molecular weight is 186 g/mol. The molecule has 0 unspecified atom stereocenters. The molecule has 4 heteroatoms. The van der Waals surface area contributed by atoms with E-state index in [4.69, 9.17) is 14.9 Å². The normalized spacial score (nSPS) is 17.8. The number of ether oxygens (including phenoxy) is 1. The number of aliphatic hydroxyl groups is 1. The lowest BCUT2D eigenvalue weighted by Crippen LogP contribution is -2.12. The minimum atomic E-state index is -0.877. The fourth-order valence-electron chi connectivity index (χ4n) is 1.34. The van der Waals surface area contributed by atoms with Gasteiger partial charge in [-0.05, 0) is 12.0 Å². The van der Waals surface area contributed by atoms with Crippen molar-refractivity contribution in [2.75, 3.05) is 13.2 Å². The van der Waals surface area contributed by atoms with Crippen molar-refractivity contribution >= 4 is 5.97 Å². The summed E-state index contributed by atoms with van der Waals surface area (Å²) in [5.41, 5.74) is 0. The van der Waals surface area contributed by atoms with Crippen molar-refractivity contribution in [1.82, 2.24) is 0 Å². The van der Waals surface area contributed by atoms with Crippen LogP contribution in [0, 0.1) is 5.92 Å². The van der Waals surface area contributed by atoms with E-state index in [0.29, 0.717) is 13.0 Å². The third kappa shape index (κ3) is 3.46. The van der Waals surface area contributed by atoms with E-state index in [1.807, 2.05) is 6.08 Å². The first-order chi connectivity index (χ1) is 6.22. The van der Waals surface area contributed by atoms with Gasteiger partial charge in [-0.3, -0.25) is 4.79 Å². The van der Waals surface area contributed by atoms with Gasteiger partial charge in [0.15, 0.2) is 0 Å². The molecule has 0 radical (unpaired) electrons. The van der Waals surface area contributed by atoms with E-state index in [1.54, 1.807) is 0 Å². The predicted octanol–water partition coefficient (Wildman–Crippen LogP) is 0.764. The van der Waals surface area contributed by atoms with Crippen LogP contribution in [0.5, 0.6) is 0 Å². The van der Waals surface area contributed by atoms with Crippen molar-refractivity contribution in [2.24, 2.45) is 5.92 Å². The van der Waals surface area contributed by atoms with Crippen molar-refractivity contribution in [3.8, 4) is 0 Å². The standard InChI is InChI=1S/C9H14O4/c10-6-7(5-9(11)12)4-8-2-1-3-13-8/h2,7,10H,1,3-6H2,(H,11,12)/t7-/m1/s1. The van der Waals surface area contributed by atoms with E-state index >= 15 is 0 Å². The molecule has 0 fully saturated rings. The van der Waals surface area contributed by atoms with Crippen molar-refractivity contribution in [3.05, 3.63) is 11.8 Å². The maximum absolute atomic E-state index is 10.4. The van der Waals surface area contributed by atoms with Gasteiger partial charge in [-0.25, -0.2) is 0 Å². The fourth-order valence-corrected chi connectivity index (χ4v) is 1.34. The van der Waals surface area contributed by atoms with Crippen LogP contribution in [0.3, 0.4) is 0 Å². The van der Waals surface area contributed by atoms with Gasteiger partial charge in [0, 0.05) is 19.4 Å². The second kappa shape index (κ2) is 4.87. The van der Waals surface area contributed by atoms with Crippen LogP contribution in [0.25, 0.3) is 0 Å². The molecule has 0 spiro atoms. The van der Waals surface area contributed by atoms with Crippen LogP contribution in [-0.2, 0) is 9.53 Å². The van der Waals surface area contributed by atoms with Crippen molar-refractivity contribution < 1.29 is 19.7 Å². The van der Waals surface area contributed by atoms with Gasteiger partial charge in [0.25, 0.3) is 0 Å². The molecule has 0 aliphatic carbocycles. The van der Waals surface area contributed by atoms with Crippen LogP contribution in [0.2, 0.25) is 0 Å². The number of hydrogen-bond acceptors (Lipinski definition) is 3. The molecular formula is C9H14O4. The zero-order valence-corrected chi connectivity index (χ0v) is 7.40. The smallest absolute Gasteiger partial charge is 0.303 e. The predicted molar refractivity (Wildman–Crippen MR) is 46.1 cm³/mol. The summed E-state index contributed by atoms with van der Waals surface area (Å²) in [6, 6.07) is 0. The molecule has 1 rings (SSSR count). The maximum atomic E-state index is 10.4. The summed E-state index contributed by atoms with van der Waals surface area (Å²) in [4.78, 5) is 10.4. The highest BCUT2D eigenvalue weighted by Crippen LogP contribution is 2.20. The quantitative estimate of drug-likeness (QED) is 0.665. The number of hydrogen-bond donors (Lipinski definition) is 2. The number of aliphatic hydroxyl groups excluding tert-OH is 1. The van der Waals surface area contributed by atoms with Crippen LogP contribution in [0.15, 0.2) is 11.8 Å². The number of carboxylic acid groups (broad SMARTS) is 1. The second-order valence-electron chi connectivity index (χ2n) is 3.16. The molecule has 74 valence electrons. The van der Waals surface area contributed by atoms with E-state index in [-0.39, 0.29) is 18.9 Å². The highest BCUT2D eigenvalue weighted by Gasteiger charge is 2.16. The molecule has 13 heavy (non-hydrogen) atoms. The summed E-state index contributed by atoms with van der Waals surface area (Å²) in [5, 5.41) is 17.4. The van der Waals surface area contributed by atoms with Crippen LogP contribution in [0.1, 0.15) is 19.3 Å². The van der Waals surface area contributed by atoms with Crippen LogP contribution < -0.4 is 0 Å². The lowest BCUT2D eigenvalue weighted by atomic mass is 10.0. The summed E-state index contributed by atoms with van der Waals surface area (Å²) in [6.45, 7) is 0.577. The third-order valence-corrected chi connectivity index (χ3v) is 1.99. The highest BCUT2D eigenvalue weighted by molar-refractivity contribution is 5.67. The van der Waals surface area contributed by atoms with E-state index in [1.165, 1.54) is 0 Å². The summed E-state index contributed by atoms with van der Waals surface area (Å²) < 4.78 is 5.22. The molecule has 1 atom stereocenters. The zero-order valence-electron chi connectivity index (χ0n) is 7.40. The Labute approximate surface area is 76.8 Å². The third-order valence-electron chi connectivity index (χ3n) is 1.99. The van der Waals surface area contributed by atoms with Gasteiger partial charge >= 0.3 is 5.97 Å². The molecule has 0 saturated heterocycles. The van der Waals surface area contributed by atoms with E-state index in [0.717, 1.165) is 12.2 Å². The summed E-state index contributed by atoms with van der Waals surface area (Å²) in [5.74, 6) is -0.278. The number of rotatable bonds is 5. The van der Waals surface area contributed by atoms with E-state index in [2.05, 4.69) is 0 Å². The molecule has 4 nitrogen and oxygen atoms in total. The molecule has 1 heterocycles. The Bertz CT molecular complexity index is 210. The van der Waals surface area contributed by atoms with Gasteiger partial charge in [0.2, 0.25) is 0 Å². The van der Waals surface area contributed by atoms with Crippen molar-refractivity contribution in [1.29, 1.82) is 0 Å². The van der Waals surface area contributed by atoms with Gasteiger partial charge in [-0.15, -0.1) is 0 Å². The Morgan fingerprint density at radius 2 is 2.46 bits per heavy atom. The number of carbonyl (C=O) groups is 1. The molecule has 0 amide bonds. The number of allylic oxidation sites excluding steroid dienone is 1. The summed E-state index contributed by atoms with van der Waals surface area (Å²) >= 11 is 0. The summed E-state index contributed by atoms with van der Waals surface area (Å²) in [6.07, 6.45) is 3.37. The Hall–Kier alpha value is -1.03. The Kier molecular flexibility index (Phi) is 3.76. The first-order valence-corrected chi connectivity index (χ1v) is 4.37. The van der Waals surface area contributed by atoms with Gasteiger partial charge in [0.1, 0.15) is 0 Å². The maximum Gasteiger partial charge on any atom is 0.303 e. The second-order valence-corrected chi connectivity index (χ2v) is 3.16. The molecule has 0 bridgehead atoms. The molecular weight excluding hydrogens is 172 g/mol. The molecule has 0 aromatic carbocycles. The lowest BCUT2D eigenvalue weighted by molar-refractivity contribution is -0.138. The van der Waals surface area contributed by atoms with Gasteiger partial charge in [-0.2, -0.15) is 0 Å². The molecule has 1 aliphatic heterocycles. The van der Waals surface area contributed by atoms with Gasteiger partial charge < -0.3 is 14.9 Å². The lowest BCUT2D eigenvalue weighted by Gasteiger charge is -2.11.